The van der Waals surface area contributed by atoms with Gasteiger partial charge in [0.2, 0.25) is 5.91 Å². The molecule has 1 rings (SSSR count). The van der Waals surface area contributed by atoms with Crippen LogP contribution in [-0.2, 0) is 17.8 Å². The van der Waals surface area contributed by atoms with Crippen LogP contribution >= 0.6 is 0 Å². The Bertz CT molecular complexity index is 328. The Morgan fingerprint density at radius 3 is 2.06 bits per heavy atom. The number of carbonyl (C=O) groups is 1. The number of nitrogens with zero attached hydrogens (tertiary/aromatic N) is 1. The highest BCUT2D eigenvalue weighted by Crippen LogP contribution is 2.06. The zero-order valence-corrected chi connectivity index (χ0v) is 10.1. The summed E-state index contributed by atoms with van der Waals surface area (Å²) in [6.07, 6.45) is 0.479. The molecule has 0 fully saturated rings. The number of hydrogen-bond donors (Lipinski definition) is 1. The second kappa shape index (κ2) is 6.28. The van der Waals surface area contributed by atoms with Gasteiger partial charge in [-0.05, 0) is 25.0 Å². The van der Waals surface area contributed by atoms with Gasteiger partial charge in [-0.2, -0.15) is 0 Å². The van der Waals surface area contributed by atoms with Crippen molar-refractivity contribution in [2.75, 3.05) is 13.1 Å². The Labute approximate surface area is 97.2 Å². The fourth-order valence-corrected chi connectivity index (χ4v) is 1.66. The van der Waals surface area contributed by atoms with Crippen LogP contribution in [0.25, 0.3) is 0 Å². The highest BCUT2D eigenvalue weighted by molar-refractivity contribution is 5.78. The maximum Gasteiger partial charge on any atom is 0.226 e. The topological polar surface area (TPSA) is 46.3 Å². The number of carbonyl (C=O) groups excluding carboxylic acids is 1. The molecule has 0 heterocycles. The largest absolute Gasteiger partial charge is 0.343 e. The fourth-order valence-electron chi connectivity index (χ4n) is 1.66. The van der Waals surface area contributed by atoms with E-state index in [1.165, 1.54) is 0 Å². The Kier molecular flexibility index (Phi) is 4.99. The van der Waals surface area contributed by atoms with E-state index in [1.54, 1.807) is 0 Å². The number of hydrogen-bond acceptors (Lipinski definition) is 2. The van der Waals surface area contributed by atoms with Crippen LogP contribution in [0.2, 0.25) is 0 Å². The van der Waals surface area contributed by atoms with Gasteiger partial charge < -0.3 is 10.6 Å². The average Bonchev–Trinajstić information content (AvgIpc) is 2.31. The lowest BCUT2D eigenvalue weighted by molar-refractivity contribution is -0.130. The Morgan fingerprint density at radius 2 is 1.62 bits per heavy atom. The summed E-state index contributed by atoms with van der Waals surface area (Å²) in [6.45, 7) is 6.09. The van der Waals surface area contributed by atoms with E-state index in [2.05, 4.69) is 0 Å². The van der Waals surface area contributed by atoms with Gasteiger partial charge >= 0.3 is 0 Å². The minimum absolute atomic E-state index is 0.186. The number of rotatable bonds is 5. The Hall–Kier alpha value is -1.35. The summed E-state index contributed by atoms with van der Waals surface area (Å²) in [7, 11) is 0. The third kappa shape index (κ3) is 3.35. The maximum absolute atomic E-state index is 11.8. The summed E-state index contributed by atoms with van der Waals surface area (Å²) < 4.78 is 0. The van der Waals surface area contributed by atoms with Crippen LogP contribution < -0.4 is 5.73 Å². The van der Waals surface area contributed by atoms with Gasteiger partial charge in [0, 0.05) is 19.6 Å². The lowest BCUT2D eigenvalue weighted by atomic mass is 10.1. The van der Waals surface area contributed by atoms with Crippen LogP contribution in [0, 0.1) is 0 Å². The summed E-state index contributed by atoms with van der Waals surface area (Å²) in [6, 6.07) is 7.91. The van der Waals surface area contributed by atoms with Crippen molar-refractivity contribution in [3.8, 4) is 0 Å². The summed E-state index contributed by atoms with van der Waals surface area (Å²) in [4.78, 5) is 13.7. The molecule has 0 saturated carbocycles. The normalized spacial score (nSPS) is 10.2. The summed E-state index contributed by atoms with van der Waals surface area (Å²) in [5, 5.41) is 0. The molecule has 0 aliphatic carbocycles. The molecule has 2 N–H and O–H groups in total. The van der Waals surface area contributed by atoms with Crippen molar-refractivity contribution in [2.24, 2.45) is 5.73 Å². The zero-order chi connectivity index (χ0) is 12.0. The molecule has 1 aromatic rings. The van der Waals surface area contributed by atoms with Gasteiger partial charge in [-0.3, -0.25) is 4.79 Å². The van der Waals surface area contributed by atoms with E-state index in [0.29, 0.717) is 13.0 Å². The van der Waals surface area contributed by atoms with Gasteiger partial charge in [0.25, 0.3) is 0 Å². The molecule has 16 heavy (non-hydrogen) atoms. The van der Waals surface area contributed by atoms with Crippen LogP contribution in [0.4, 0.5) is 0 Å². The molecule has 0 aliphatic rings. The third-order valence-electron chi connectivity index (χ3n) is 2.73. The molecule has 0 bridgehead atoms. The minimum Gasteiger partial charge on any atom is -0.343 e. The Balaban J connectivity index is 2.62. The van der Waals surface area contributed by atoms with Crippen LogP contribution in [0.5, 0.6) is 0 Å². The summed E-state index contributed by atoms with van der Waals surface area (Å²) in [5.74, 6) is 0.186. The molecule has 0 saturated heterocycles. The molecular formula is C13H20N2O. The molecule has 0 unspecified atom stereocenters. The second-order valence-electron chi connectivity index (χ2n) is 3.76. The standard InChI is InChI=1S/C13H20N2O/c1-3-15(4-2)13(16)9-11-5-7-12(10-14)8-6-11/h5-8H,3-4,9-10,14H2,1-2H3. The molecule has 88 valence electrons. The molecule has 0 spiro atoms. The van der Waals surface area contributed by atoms with Gasteiger partial charge in [0.1, 0.15) is 0 Å². The second-order valence-corrected chi connectivity index (χ2v) is 3.76. The first kappa shape index (κ1) is 12.7. The number of benzene rings is 1. The Morgan fingerprint density at radius 1 is 1.12 bits per heavy atom. The van der Waals surface area contributed by atoms with E-state index in [0.717, 1.165) is 24.2 Å². The fraction of sp³-hybridized carbons (Fsp3) is 0.462. The lowest BCUT2D eigenvalue weighted by Gasteiger charge is -2.18. The van der Waals surface area contributed by atoms with Crippen molar-refractivity contribution in [1.29, 1.82) is 0 Å². The molecule has 0 aromatic heterocycles. The first-order chi connectivity index (χ1) is 7.71. The van der Waals surface area contributed by atoms with E-state index in [9.17, 15) is 4.79 Å². The first-order valence-corrected chi connectivity index (χ1v) is 5.76. The molecule has 0 atom stereocenters. The van der Waals surface area contributed by atoms with Crippen LogP contribution in [0.3, 0.4) is 0 Å². The van der Waals surface area contributed by atoms with Gasteiger partial charge in [-0.1, -0.05) is 24.3 Å². The highest BCUT2D eigenvalue weighted by atomic mass is 16.2. The predicted molar refractivity (Wildman–Crippen MR) is 66.0 cm³/mol. The minimum atomic E-state index is 0.186. The molecule has 3 heteroatoms. The van der Waals surface area contributed by atoms with E-state index >= 15 is 0 Å². The number of likely N-dealkylation sites (N-methyl/N-ethyl adjacent to an activating group) is 1. The van der Waals surface area contributed by atoms with Gasteiger partial charge in [-0.25, -0.2) is 0 Å². The number of nitrogens with two attached hydrogens (primary N) is 1. The predicted octanol–water partition coefficient (Wildman–Crippen LogP) is 1.56. The van der Waals surface area contributed by atoms with Gasteiger partial charge in [-0.15, -0.1) is 0 Å². The lowest BCUT2D eigenvalue weighted by Crippen LogP contribution is -2.31. The van der Waals surface area contributed by atoms with Gasteiger partial charge in [0.05, 0.1) is 6.42 Å². The van der Waals surface area contributed by atoms with Crippen molar-refractivity contribution in [2.45, 2.75) is 26.8 Å². The van der Waals surface area contributed by atoms with Crippen LogP contribution in [0.15, 0.2) is 24.3 Å². The molecular weight excluding hydrogens is 200 g/mol. The van der Waals surface area contributed by atoms with Crippen molar-refractivity contribution in [1.82, 2.24) is 4.90 Å². The molecule has 3 nitrogen and oxygen atoms in total. The van der Waals surface area contributed by atoms with E-state index in [1.807, 2.05) is 43.0 Å². The average molecular weight is 220 g/mol. The summed E-state index contributed by atoms with van der Waals surface area (Å²) in [5.41, 5.74) is 7.66. The number of amides is 1. The van der Waals surface area contributed by atoms with Crippen molar-refractivity contribution >= 4 is 5.91 Å². The third-order valence-corrected chi connectivity index (χ3v) is 2.73. The van der Waals surface area contributed by atoms with E-state index in [-0.39, 0.29) is 5.91 Å². The van der Waals surface area contributed by atoms with Crippen molar-refractivity contribution < 1.29 is 4.79 Å². The van der Waals surface area contributed by atoms with Gasteiger partial charge in [0.15, 0.2) is 0 Å². The van der Waals surface area contributed by atoms with E-state index in [4.69, 9.17) is 5.73 Å². The zero-order valence-electron chi connectivity index (χ0n) is 10.1. The highest BCUT2D eigenvalue weighted by Gasteiger charge is 2.09. The monoisotopic (exact) mass is 220 g/mol. The SMILES string of the molecule is CCN(CC)C(=O)Cc1ccc(CN)cc1. The first-order valence-electron chi connectivity index (χ1n) is 5.76. The van der Waals surface area contributed by atoms with Crippen LogP contribution in [-0.4, -0.2) is 23.9 Å². The smallest absolute Gasteiger partial charge is 0.226 e. The van der Waals surface area contributed by atoms with Crippen molar-refractivity contribution in [3.63, 3.8) is 0 Å². The van der Waals surface area contributed by atoms with Crippen LogP contribution in [0.1, 0.15) is 25.0 Å². The molecule has 0 aliphatic heterocycles. The summed E-state index contributed by atoms with van der Waals surface area (Å²) >= 11 is 0. The van der Waals surface area contributed by atoms with E-state index < -0.39 is 0 Å². The molecule has 1 amide bonds. The molecule has 1 aromatic carbocycles. The quantitative estimate of drug-likeness (QED) is 0.818. The molecule has 0 radical (unpaired) electrons. The van der Waals surface area contributed by atoms with Crippen molar-refractivity contribution in [3.05, 3.63) is 35.4 Å². The maximum atomic E-state index is 11.8.